The minimum Gasteiger partial charge on any atom is -0.364 e. The molecular weight excluding hydrogens is 323 g/mol. The van der Waals surface area contributed by atoms with Gasteiger partial charge in [-0.15, -0.1) is 0 Å². The Bertz CT molecular complexity index is 1050. The molecule has 1 aliphatic rings. The fraction of sp³-hybridized carbons (Fsp3) is 0.435. The molecule has 2 nitrogen and oxygen atoms in total. The second kappa shape index (κ2) is 5.42. The summed E-state index contributed by atoms with van der Waals surface area (Å²) in [6.07, 6.45) is 2.05. The normalized spacial score (nSPS) is 21.2. The van der Waals surface area contributed by atoms with Gasteiger partial charge < -0.3 is 5.32 Å². The van der Waals surface area contributed by atoms with Crippen molar-refractivity contribution in [2.45, 2.75) is 65.3 Å². The molecule has 0 aliphatic carbocycles. The fourth-order valence-electron chi connectivity index (χ4n) is 4.80. The van der Waals surface area contributed by atoms with Crippen molar-refractivity contribution in [2.24, 2.45) is 0 Å². The number of pyridine rings is 1. The van der Waals surface area contributed by atoms with Crippen LogP contribution >= 0.6 is 0 Å². The molecular formula is C23H27FN2. The summed E-state index contributed by atoms with van der Waals surface area (Å²) in [5.41, 5.74) is 3.97. The zero-order valence-corrected chi connectivity index (χ0v) is 16.5. The van der Waals surface area contributed by atoms with Crippen molar-refractivity contribution < 1.29 is 4.39 Å². The van der Waals surface area contributed by atoms with Crippen LogP contribution in [0.5, 0.6) is 0 Å². The van der Waals surface area contributed by atoms with Crippen LogP contribution in [-0.4, -0.2) is 10.5 Å². The minimum absolute atomic E-state index is 0.162. The highest BCUT2D eigenvalue weighted by molar-refractivity contribution is 6.13. The third kappa shape index (κ3) is 2.19. The molecule has 0 bridgehead atoms. The molecule has 0 saturated heterocycles. The number of rotatable bonds is 2. The van der Waals surface area contributed by atoms with E-state index in [1.807, 2.05) is 0 Å². The molecule has 0 spiro atoms. The van der Waals surface area contributed by atoms with Gasteiger partial charge in [0.25, 0.3) is 0 Å². The predicted octanol–water partition coefficient (Wildman–Crippen LogP) is 6.41. The standard InChI is InChI=1S/C23H27FN2/c1-7-8-23(6)18-12-15(24)11-16-17-10-13(2)9-14(3)20(17)25-21(19(16)18)26-22(23,4)5/h9-12H,7-8H2,1-6H3,(H,25,26). The lowest BCUT2D eigenvalue weighted by atomic mass is 9.63. The second-order valence-corrected chi connectivity index (χ2v) is 8.65. The molecule has 1 N–H and O–H groups in total. The van der Waals surface area contributed by atoms with Gasteiger partial charge in [0, 0.05) is 21.7 Å². The van der Waals surface area contributed by atoms with Gasteiger partial charge in [-0.2, -0.15) is 0 Å². The first-order valence-electron chi connectivity index (χ1n) is 9.51. The molecule has 2 heterocycles. The van der Waals surface area contributed by atoms with Crippen molar-refractivity contribution in [1.29, 1.82) is 0 Å². The van der Waals surface area contributed by atoms with Crippen molar-refractivity contribution >= 4 is 27.5 Å². The molecule has 2 aromatic carbocycles. The molecule has 1 unspecified atom stereocenters. The monoisotopic (exact) mass is 350 g/mol. The zero-order chi connectivity index (χ0) is 18.9. The van der Waals surface area contributed by atoms with Gasteiger partial charge >= 0.3 is 0 Å². The van der Waals surface area contributed by atoms with E-state index in [-0.39, 0.29) is 16.8 Å². The van der Waals surface area contributed by atoms with Crippen molar-refractivity contribution in [1.82, 2.24) is 4.98 Å². The average Bonchev–Trinajstić information content (AvgIpc) is 2.53. The SMILES string of the molecule is CCCC1(C)c2cc(F)cc3c2c(nc2c(C)cc(C)cc23)NC1(C)C. The summed E-state index contributed by atoms with van der Waals surface area (Å²) in [7, 11) is 0. The van der Waals surface area contributed by atoms with E-state index < -0.39 is 0 Å². The quantitative estimate of drug-likeness (QED) is 0.540. The van der Waals surface area contributed by atoms with Gasteiger partial charge in [-0.05, 0) is 68.8 Å². The third-order valence-electron chi connectivity index (χ3n) is 6.45. The van der Waals surface area contributed by atoms with Crippen LogP contribution in [-0.2, 0) is 5.41 Å². The number of fused-ring (bicyclic) bond motifs is 2. The summed E-state index contributed by atoms with van der Waals surface area (Å²) in [5.74, 6) is 0.721. The average molecular weight is 350 g/mol. The van der Waals surface area contributed by atoms with Gasteiger partial charge in [-0.25, -0.2) is 9.37 Å². The molecule has 3 aromatic rings. The Balaban J connectivity index is 2.22. The number of hydrogen-bond acceptors (Lipinski definition) is 2. The highest BCUT2D eigenvalue weighted by Crippen LogP contribution is 2.50. The maximum absolute atomic E-state index is 14.8. The van der Waals surface area contributed by atoms with Gasteiger partial charge in [0.15, 0.2) is 0 Å². The van der Waals surface area contributed by atoms with Gasteiger partial charge in [0.05, 0.1) is 5.52 Å². The number of anilines is 1. The lowest BCUT2D eigenvalue weighted by Gasteiger charge is -2.49. The number of benzene rings is 2. The van der Waals surface area contributed by atoms with Crippen molar-refractivity contribution in [3.8, 4) is 0 Å². The highest BCUT2D eigenvalue weighted by Gasteiger charge is 2.46. The van der Waals surface area contributed by atoms with Crippen LogP contribution in [0.2, 0.25) is 0 Å². The number of aromatic nitrogens is 1. The largest absolute Gasteiger partial charge is 0.364 e. The smallest absolute Gasteiger partial charge is 0.135 e. The van der Waals surface area contributed by atoms with Crippen molar-refractivity contribution in [2.75, 3.05) is 5.32 Å². The number of hydrogen-bond donors (Lipinski definition) is 1. The topological polar surface area (TPSA) is 24.9 Å². The van der Waals surface area contributed by atoms with Crippen LogP contribution in [0.3, 0.4) is 0 Å². The maximum Gasteiger partial charge on any atom is 0.135 e. The molecule has 136 valence electrons. The molecule has 1 atom stereocenters. The molecule has 0 fully saturated rings. The highest BCUT2D eigenvalue weighted by atomic mass is 19.1. The first-order valence-corrected chi connectivity index (χ1v) is 9.51. The summed E-state index contributed by atoms with van der Waals surface area (Å²) < 4.78 is 14.8. The molecule has 3 heteroatoms. The van der Waals surface area contributed by atoms with Crippen LogP contribution in [0.1, 0.15) is 57.2 Å². The fourth-order valence-corrected chi connectivity index (χ4v) is 4.80. The molecule has 1 aromatic heterocycles. The molecule has 1 aliphatic heterocycles. The minimum atomic E-state index is -0.212. The number of nitrogens with zero attached hydrogens (tertiary/aromatic N) is 1. The molecule has 26 heavy (non-hydrogen) atoms. The maximum atomic E-state index is 14.8. The van der Waals surface area contributed by atoms with E-state index in [1.165, 1.54) is 5.56 Å². The Labute approximate surface area is 154 Å². The molecule has 0 radical (unpaired) electrons. The summed E-state index contributed by atoms with van der Waals surface area (Å²) in [6, 6.07) is 7.69. The van der Waals surface area contributed by atoms with Crippen LogP contribution in [0.15, 0.2) is 24.3 Å². The number of halogens is 1. The van der Waals surface area contributed by atoms with Gasteiger partial charge in [0.1, 0.15) is 11.6 Å². The van der Waals surface area contributed by atoms with E-state index >= 15 is 0 Å². The molecule has 0 amide bonds. The Kier molecular flexibility index (Phi) is 3.60. The lowest BCUT2D eigenvalue weighted by molar-refractivity contribution is 0.278. The van der Waals surface area contributed by atoms with E-state index in [4.69, 9.17) is 4.98 Å². The van der Waals surface area contributed by atoms with E-state index in [1.54, 1.807) is 12.1 Å². The Morgan fingerprint density at radius 3 is 2.46 bits per heavy atom. The van der Waals surface area contributed by atoms with E-state index in [0.717, 1.165) is 51.5 Å². The zero-order valence-electron chi connectivity index (χ0n) is 16.5. The van der Waals surface area contributed by atoms with E-state index in [9.17, 15) is 4.39 Å². The molecule has 4 rings (SSSR count). The first-order chi connectivity index (χ1) is 12.2. The van der Waals surface area contributed by atoms with Crippen LogP contribution < -0.4 is 5.32 Å². The van der Waals surface area contributed by atoms with Crippen molar-refractivity contribution in [3.05, 3.63) is 46.8 Å². The third-order valence-corrected chi connectivity index (χ3v) is 6.45. The van der Waals surface area contributed by atoms with Crippen molar-refractivity contribution in [3.63, 3.8) is 0 Å². The number of nitrogens with one attached hydrogen (secondary N) is 1. The Hall–Kier alpha value is -2.16. The van der Waals surface area contributed by atoms with E-state index in [2.05, 4.69) is 59.0 Å². The van der Waals surface area contributed by atoms with Gasteiger partial charge in [-0.1, -0.05) is 31.9 Å². The predicted molar refractivity (Wildman–Crippen MR) is 109 cm³/mol. The summed E-state index contributed by atoms with van der Waals surface area (Å²) in [5, 5.41) is 6.79. The first kappa shape index (κ1) is 17.3. The second-order valence-electron chi connectivity index (χ2n) is 8.65. The number of aryl methyl sites for hydroxylation is 2. The van der Waals surface area contributed by atoms with Gasteiger partial charge in [-0.3, -0.25) is 0 Å². The van der Waals surface area contributed by atoms with Crippen LogP contribution in [0.25, 0.3) is 21.7 Å². The summed E-state index contributed by atoms with van der Waals surface area (Å²) in [6.45, 7) is 13.0. The van der Waals surface area contributed by atoms with Crippen LogP contribution in [0.4, 0.5) is 10.2 Å². The van der Waals surface area contributed by atoms with E-state index in [0.29, 0.717) is 0 Å². The Morgan fingerprint density at radius 2 is 1.77 bits per heavy atom. The molecule has 0 saturated carbocycles. The Morgan fingerprint density at radius 1 is 1.04 bits per heavy atom. The van der Waals surface area contributed by atoms with Gasteiger partial charge in [0.2, 0.25) is 0 Å². The van der Waals surface area contributed by atoms with Crippen LogP contribution in [0, 0.1) is 19.7 Å². The summed E-state index contributed by atoms with van der Waals surface area (Å²) >= 11 is 0. The summed E-state index contributed by atoms with van der Waals surface area (Å²) in [4.78, 5) is 4.99. The lowest BCUT2D eigenvalue weighted by Crippen LogP contribution is -2.53.